The van der Waals surface area contributed by atoms with Crippen LogP contribution in [0.5, 0.6) is 0 Å². The minimum absolute atomic E-state index is 0.00652. The summed E-state index contributed by atoms with van der Waals surface area (Å²) in [6, 6.07) is 0. The molecule has 0 heterocycles. The molecule has 600 valence electrons. The second kappa shape index (κ2) is 76.9. The number of ether oxygens (including phenoxy) is 4. The predicted octanol–water partition coefficient (Wildman–Crippen LogP) is 24.1. The highest BCUT2D eigenvalue weighted by molar-refractivity contribution is 7.47. The molecule has 104 heavy (non-hydrogen) atoms. The number of carbonyl (C=O) groups excluding carboxylic acids is 4. The van der Waals surface area contributed by atoms with Crippen molar-refractivity contribution in [1.29, 1.82) is 0 Å². The van der Waals surface area contributed by atoms with Crippen LogP contribution in [-0.2, 0) is 65.4 Å². The zero-order chi connectivity index (χ0) is 76.0. The van der Waals surface area contributed by atoms with Crippen LogP contribution in [0.4, 0.5) is 0 Å². The smallest absolute Gasteiger partial charge is 0.462 e. The highest BCUT2D eigenvalue weighted by Gasteiger charge is 2.30. The SMILES string of the molecule is CCCCC/C=C\C/C=C\C/C=C\C/C=C\CCCC(=O)OC[C@H](COP(=O)(O)OC[C@@H](O)COP(=O)(O)OC[C@@H](COC(=O)CCCCCCC/C=C\CCCCCCCC)OC(=O)CCCCCCCCCCCCCCCCC)OC(=O)CCC/C=C\C/C=C\C/C=C\C/C=C\CCCCC. The van der Waals surface area contributed by atoms with E-state index in [9.17, 15) is 43.2 Å². The predicted molar refractivity (Wildman–Crippen MR) is 427 cm³/mol. The molecule has 0 rings (SSSR count). The Bertz CT molecular complexity index is 2390. The molecule has 0 aliphatic rings. The van der Waals surface area contributed by atoms with E-state index in [-0.39, 0.29) is 25.7 Å². The number of carbonyl (C=O) groups is 4. The summed E-state index contributed by atoms with van der Waals surface area (Å²) in [7, 11) is -9.99. The minimum Gasteiger partial charge on any atom is -0.462 e. The standard InChI is InChI=1S/C85H148O17P2/c1-5-9-13-17-21-25-29-33-37-39-43-46-50-54-58-62-66-70-83(88)96-76-81(102-85(90)72-68-64-60-56-52-48-44-40-38-34-30-26-22-18-14-10-6-2)78-100-104(93,94)98-74-79(86)73-97-103(91,92)99-77-80(101-84(89)71-67-63-59-55-51-47-42-36-32-28-24-20-16-12-8-4)75-95-82(87)69-65-61-57-53-49-45-41-35-31-27-23-19-15-11-7-3/h21-22,25-26,33-35,37-38,41,43-44,46,48,54,56,58,60,79-81,86H,5-20,23-24,27-32,36,39-40,42,45,47,49-53,55,57,59,61-78H2,1-4H3,(H,91,92)(H,93,94)/b25-21-,26-22-,37-33-,38-34-,41-35-,46-43-,48-44-,58-54-,60-56-/t79-,80+,81+/m0/s1. The van der Waals surface area contributed by atoms with E-state index >= 15 is 0 Å². The Labute approximate surface area is 632 Å². The van der Waals surface area contributed by atoms with Crippen molar-refractivity contribution in [3.8, 4) is 0 Å². The molecule has 0 aliphatic carbocycles. The molecule has 3 N–H and O–H groups in total. The largest absolute Gasteiger partial charge is 0.472 e. The van der Waals surface area contributed by atoms with E-state index < -0.39 is 97.5 Å². The number of aliphatic hydroxyl groups is 1. The van der Waals surface area contributed by atoms with Crippen LogP contribution in [0.15, 0.2) is 109 Å². The Morgan fingerprint density at radius 3 is 0.798 bits per heavy atom. The topological polar surface area (TPSA) is 237 Å². The molecule has 19 heteroatoms. The van der Waals surface area contributed by atoms with Crippen LogP contribution in [0.3, 0.4) is 0 Å². The summed E-state index contributed by atoms with van der Waals surface area (Å²) in [4.78, 5) is 73.0. The molecule has 0 radical (unpaired) electrons. The maximum atomic E-state index is 13.1. The lowest BCUT2D eigenvalue weighted by molar-refractivity contribution is -0.161. The molecule has 0 spiro atoms. The van der Waals surface area contributed by atoms with Crippen LogP contribution < -0.4 is 0 Å². The molecule has 0 amide bonds. The fraction of sp³-hybridized carbons (Fsp3) is 0.741. The van der Waals surface area contributed by atoms with E-state index in [0.29, 0.717) is 38.5 Å². The zero-order valence-corrected chi connectivity index (χ0v) is 67.5. The average molecular weight is 1500 g/mol. The summed E-state index contributed by atoms with van der Waals surface area (Å²) in [6.45, 7) is 4.73. The Morgan fingerprint density at radius 1 is 0.269 bits per heavy atom. The molecule has 0 saturated heterocycles. The van der Waals surface area contributed by atoms with Crippen LogP contribution in [-0.4, -0.2) is 96.7 Å². The summed E-state index contributed by atoms with van der Waals surface area (Å²) in [5.41, 5.74) is 0. The molecule has 5 atom stereocenters. The van der Waals surface area contributed by atoms with Crippen molar-refractivity contribution in [3.63, 3.8) is 0 Å². The maximum absolute atomic E-state index is 13.1. The number of esters is 4. The molecule has 0 fully saturated rings. The molecular weight excluding hydrogens is 1350 g/mol. The lowest BCUT2D eigenvalue weighted by Gasteiger charge is -2.21. The normalized spacial score (nSPS) is 14.4. The van der Waals surface area contributed by atoms with Crippen LogP contribution in [0.1, 0.15) is 349 Å². The third-order valence-corrected chi connectivity index (χ3v) is 19.1. The Morgan fingerprint density at radius 2 is 0.481 bits per heavy atom. The quantitative estimate of drug-likeness (QED) is 0.0169. The molecule has 0 bridgehead atoms. The van der Waals surface area contributed by atoms with Crippen molar-refractivity contribution in [2.75, 3.05) is 39.6 Å². The van der Waals surface area contributed by atoms with Crippen molar-refractivity contribution >= 4 is 39.5 Å². The third kappa shape index (κ3) is 75.9. The van der Waals surface area contributed by atoms with Gasteiger partial charge in [0.2, 0.25) is 0 Å². The molecule has 0 aromatic rings. The molecule has 0 aromatic carbocycles. The number of phosphoric ester groups is 2. The average Bonchev–Trinajstić information content (AvgIpc) is 0.926. The summed E-state index contributed by atoms with van der Waals surface area (Å²) < 4.78 is 68.6. The monoisotopic (exact) mass is 1500 g/mol. The van der Waals surface area contributed by atoms with Crippen LogP contribution in [0, 0.1) is 0 Å². The Hall–Kier alpha value is -4.28. The fourth-order valence-corrected chi connectivity index (χ4v) is 12.5. The summed E-state index contributed by atoms with van der Waals surface area (Å²) in [5, 5.41) is 10.6. The van der Waals surface area contributed by atoms with Gasteiger partial charge in [-0.25, -0.2) is 9.13 Å². The first-order valence-electron chi connectivity index (χ1n) is 41.1. The van der Waals surface area contributed by atoms with Gasteiger partial charge < -0.3 is 33.8 Å². The highest BCUT2D eigenvalue weighted by atomic mass is 31.2. The molecule has 0 aromatic heterocycles. The number of unbranched alkanes of at least 4 members (excludes halogenated alkanes) is 33. The fourth-order valence-electron chi connectivity index (χ4n) is 10.9. The first-order chi connectivity index (χ1) is 50.7. The van der Waals surface area contributed by atoms with Gasteiger partial charge in [-0.05, 0) is 128 Å². The molecular formula is C85H148O17P2. The Balaban J connectivity index is 5.46. The Kier molecular flexibility index (Phi) is 73.7. The molecule has 2 unspecified atom stereocenters. The van der Waals surface area contributed by atoms with E-state index in [2.05, 4.69) is 113 Å². The van der Waals surface area contributed by atoms with Crippen molar-refractivity contribution in [1.82, 2.24) is 0 Å². The van der Waals surface area contributed by atoms with Gasteiger partial charge in [-0.2, -0.15) is 0 Å². The van der Waals surface area contributed by atoms with E-state index in [1.807, 2.05) is 24.3 Å². The molecule has 0 saturated carbocycles. The zero-order valence-electron chi connectivity index (χ0n) is 65.7. The summed E-state index contributed by atoms with van der Waals surface area (Å²) >= 11 is 0. The first-order valence-corrected chi connectivity index (χ1v) is 44.1. The number of hydrogen-bond donors (Lipinski definition) is 3. The number of allylic oxidation sites excluding steroid dienone is 18. The summed E-state index contributed by atoms with van der Waals surface area (Å²) in [6.07, 6.45) is 83.6. The van der Waals surface area contributed by atoms with Gasteiger partial charge >= 0.3 is 39.5 Å². The van der Waals surface area contributed by atoms with Gasteiger partial charge in [0.1, 0.15) is 19.3 Å². The second-order valence-corrected chi connectivity index (χ2v) is 30.3. The summed E-state index contributed by atoms with van der Waals surface area (Å²) in [5.74, 6) is -2.30. The van der Waals surface area contributed by atoms with E-state index in [1.54, 1.807) is 0 Å². The van der Waals surface area contributed by atoms with Gasteiger partial charge in [0.05, 0.1) is 26.4 Å². The van der Waals surface area contributed by atoms with Gasteiger partial charge in [0, 0.05) is 25.7 Å². The van der Waals surface area contributed by atoms with Crippen molar-refractivity contribution in [2.45, 2.75) is 367 Å². The van der Waals surface area contributed by atoms with Crippen molar-refractivity contribution in [3.05, 3.63) is 109 Å². The van der Waals surface area contributed by atoms with E-state index in [0.717, 1.165) is 116 Å². The number of rotatable bonds is 77. The van der Waals surface area contributed by atoms with Crippen LogP contribution >= 0.6 is 15.6 Å². The van der Waals surface area contributed by atoms with Gasteiger partial charge in [0.25, 0.3) is 0 Å². The maximum Gasteiger partial charge on any atom is 0.472 e. The van der Waals surface area contributed by atoms with Gasteiger partial charge in [-0.15, -0.1) is 0 Å². The lowest BCUT2D eigenvalue weighted by Crippen LogP contribution is -2.30. The van der Waals surface area contributed by atoms with Gasteiger partial charge in [-0.1, -0.05) is 304 Å². The molecule has 17 nitrogen and oxygen atoms in total. The van der Waals surface area contributed by atoms with Crippen molar-refractivity contribution < 1.29 is 80.2 Å². The van der Waals surface area contributed by atoms with Crippen LogP contribution in [0.2, 0.25) is 0 Å². The number of hydrogen-bond acceptors (Lipinski definition) is 15. The second-order valence-electron chi connectivity index (χ2n) is 27.4. The number of phosphoric acid groups is 2. The van der Waals surface area contributed by atoms with E-state index in [4.69, 9.17) is 37.0 Å². The van der Waals surface area contributed by atoms with Gasteiger partial charge in [-0.3, -0.25) is 37.3 Å². The van der Waals surface area contributed by atoms with Crippen LogP contribution in [0.25, 0.3) is 0 Å². The van der Waals surface area contributed by atoms with Gasteiger partial charge in [0.15, 0.2) is 12.2 Å². The van der Waals surface area contributed by atoms with E-state index in [1.165, 1.54) is 141 Å². The lowest BCUT2D eigenvalue weighted by atomic mass is 10.0. The highest BCUT2D eigenvalue weighted by Crippen LogP contribution is 2.45. The first kappa shape index (κ1) is 99.7. The minimum atomic E-state index is -5.00. The molecule has 0 aliphatic heterocycles. The number of aliphatic hydroxyl groups excluding tert-OH is 1. The van der Waals surface area contributed by atoms with Crippen molar-refractivity contribution in [2.24, 2.45) is 0 Å². The third-order valence-electron chi connectivity index (χ3n) is 17.2.